The minimum absolute atomic E-state index is 0.135. The molecule has 63 heavy (non-hydrogen) atoms. The molecule has 4 aliphatic heterocycles. The average Bonchev–Trinajstić information content (AvgIpc) is 4.11. The monoisotopic (exact) mass is 958 g/mol. The molecule has 0 radical (unpaired) electrons. The first-order valence-electron chi connectivity index (χ1n) is 21.9. The van der Waals surface area contributed by atoms with E-state index in [4.69, 9.17) is 4.98 Å². The van der Waals surface area contributed by atoms with Crippen LogP contribution >= 0.6 is 22.6 Å². The Morgan fingerprint density at radius 3 is 1.83 bits per heavy atom. The average molecular weight is 959 g/mol. The highest BCUT2D eigenvalue weighted by molar-refractivity contribution is 14.1. The van der Waals surface area contributed by atoms with Gasteiger partial charge in [-0.15, -0.1) is 0 Å². The van der Waals surface area contributed by atoms with Crippen LogP contribution in [-0.4, -0.2) is 123 Å². The van der Waals surface area contributed by atoms with Crippen LogP contribution < -0.4 is 21.3 Å². The van der Waals surface area contributed by atoms with Gasteiger partial charge in [0.05, 0.1) is 68.0 Å². The Bertz CT molecular complexity index is 3130. The molecule has 17 heteroatoms. The van der Waals surface area contributed by atoms with Crippen molar-refractivity contribution in [3.8, 4) is 23.0 Å². The van der Waals surface area contributed by atoms with Gasteiger partial charge in [0, 0.05) is 60.6 Å². The van der Waals surface area contributed by atoms with Crippen LogP contribution in [-0.2, 0) is 0 Å². The van der Waals surface area contributed by atoms with Crippen LogP contribution in [0.15, 0.2) is 70.5 Å². The predicted octanol–water partition coefficient (Wildman–Crippen LogP) is 5.44. The normalized spacial score (nSPS) is 19.0. The van der Waals surface area contributed by atoms with Gasteiger partial charge in [-0.1, -0.05) is 0 Å². The van der Waals surface area contributed by atoms with E-state index in [0.29, 0.717) is 50.9 Å². The molecular weight excluding hydrogens is 908 g/mol. The van der Waals surface area contributed by atoms with Gasteiger partial charge in [-0.3, -0.25) is 29.4 Å². The summed E-state index contributed by atoms with van der Waals surface area (Å²) in [5.41, 5.74) is 8.78. The van der Waals surface area contributed by atoms with Crippen molar-refractivity contribution in [3.05, 3.63) is 108 Å². The molecule has 4 aliphatic rings. The van der Waals surface area contributed by atoms with Gasteiger partial charge in [-0.2, -0.15) is 10.2 Å². The van der Waals surface area contributed by atoms with E-state index in [1.54, 1.807) is 9.03 Å². The van der Waals surface area contributed by atoms with Crippen molar-refractivity contribution in [3.63, 3.8) is 0 Å². The van der Waals surface area contributed by atoms with E-state index in [9.17, 15) is 9.59 Å². The number of aromatic amines is 2. The van der Waals surface area contributed by atoms with Crippen molar-refractivity contribution in [2.45, 2.75) is 65.5 Å². The number of nitrogens with zero attached hydrogens (tertiary/aromatic N) is 11. The molecule has 4 fully saturated rings. The maximum atomic E-state index is 13.0. The van der Waals surface area contributed by atoms with E-state index in [0.717, 1.165) is 68.7 Å². The Labute approximate surface area is 377 Å². The molecule has 0 unspecified atom stereocenters. The lowest BCUT2D eigenvalue weighted by Crippen LogP contribution is -2.50. The third kappa shape index (κ3) is 8.46. The standard InChI is InChI=1S/C23H25N7O.C16H12IN5O.C7H14N2/c1-14-12-30-21(15(2)24-14)11-20(27-30)22-25-19-6-5-16(10-18(19)23(31)26-22)29-9-8-28-7-3-4-17(28)13-29;1-8-7-22-14(9(2)18-8)6-13(21-22)15-19-12-4-3-10(17)5-11(12)16(23)20-15;1-2-7-6-8-3-5-9(7)4-1/h5-6,10-12,17H,3-4,7-9,13H2,1-2H3,(H,25,26,31);3-7H,1-2H3,(H,19,20,23);7-8H,1-6H2/t17-;;7-/m0.0/s1. The van der Waals surface area contributed by atoms with Gasteiger partial charge in [0.1, 0.15) is 11.4 Å². The molecule has 2 aromatic carbocycles. The Hall–Kier alpha value is -5.63. The van der Waals surface area contributed by atoms with Crippen LogP contribution in [0.25, 0.3) is 55.9 Å². The van der Waals surface area contributed by atoms with Crippen LogP contribution in [0.2, 0.25) is 0 Å². The lowest BCUT2D eigenvalue weighted by molar-refractivity contribution is 0.212. The Morgan fingerprint density at radius 2 is 1.21 bits per heavy atom. The molecule has 4 saturated heterocycles. The SMILES string of the molecule is C1C[C@H]2CNCCN2C1.Cc1cn2nc(-c3nc4ccc(I)cc4c(=O)[nH]3)cc2c(C)n1.Cc1cn2nc(-c3nc4ccc(N5CCN6CCC[C@H]6C5)cc4c(=O)[nH]3)cc2c(C)n1. The summed E-state index contributed by atoms with van der Waals surface area (Å²) in [6.45, 7) is 17.2. The third-order valence-corrected chi connectivity index (χ3v) is 13.4. The lowest BCUT2D eigenvalue weighted by atomic mass is 10.1. The van der Waals surface area contributed by atoms with Crippen molar-refractivity contribution in [2.24, 2.45) is 0 Å². The molecule has 0 amide bonds. The van der Waals surface area contributed by atoms with Crippen LogP contribution in [0.5, 0.6) is 0 Å². The van der Waals surface area contributed by atoms with Crippen molar-refractivity contribution in [1.82, 2.24) is 64.2 Å². The molecule has 0 spiro atoms. The number of H-pyrrole nitrogens is 2. The van der Waals surface area contributed by atoms with Gasteiger partial charge in [-0.05, 0) is 138 Å². The second-order valence-corrected chi connectivity index (χ2v) is 18.4. The van der Waals surface area contributed by atoms with Crippen molar-refractivity contribution < 1.29 is 0 Å². The van der Waals surface area contributed by atoms with E-state index in [1.807, 2.05) is 82.6 Å². The summed E-state index contributed by atoms with van der Waals surface area (Å²) >= 11 is 2.18. The number of hydrogen-bond donors (Lipinski definition) is 3. The summed E-state index contributed by atoms with van der Waals surface area (Å²) in [6.07, 6.45) is 9.14. The maximum Gasteiger partial charge on any atom is 0.259 e. The first-order valence-corrected chi connectivity index (χ1v) is 23.0. The van der Waals surface area contributed by atoms with E-state index in [-0.39, 0.29) is 11.1 Å². The molecule has 324 valence electrons. The summed E-state index contributed by atoms with van der Waals surface area (Å²) in [6, 6.07) is 17.0. The minimum Gasteiger partial charge on any atom is -0.369 e. The molecular formula is C46H51IN14O2. The molecule has 12 rings (SSSR count). The van der Waals surface area contributed by atoms with Crippen molar-refractivity contribution in [1.29, 1.82) is 0 Å². The smallest absolute Gasteiger partial charge is 0.259 e. The van der Waals surface area contributed by atoms with Crippen molar-refractivity contribution in [2.75, 3.05) is 57.3 Å². The van der Waals surface area contributed by atoms with Gasteiger partial charge in [0.2, 0.25) is 0 Å². The quantitative estimate of drug-likeness (QED) is 0.192. The number of benzene rings is 2. The van der Waals surface area contributed by atoms with Gasteiger partial charge < -0.3 is 20.2 Å². The number of nitrogens with one attached hydrogen (secondary N) is 3. The fourth-order valence-electron chi connectivity index (χ4n) is 9.63. The van der Waals surface area contributed by atoms with Crippen molar-refractivity contribution >= 4 is 61.1 Å². The summed E-state index contributed by atoms with van der Waals surface area (Å²) in [5.74, 6) is 0.940. The number of aromatic nitrogens is 10. The molecule has 6 aromatic heterocycles. The lowest BCUT2D eigenvalue weighted by Gasteiger charge is -2.38. The molecule has 0 bridgehead atoms. The first-order chi connectivity index (χ1) is 30.5. The minimum atomic E-state index is -0.161. The van der Waals surface area contributed by atoms with Gasteiger partial charge in [-0.25, -0.2) is 19.0 Å². The maximum absolute atomic E-state index is 13.0. The second-order valence-electron chi connectivity index (χ2n) is 17.2. The zero-order valence-corrected chi connectivity index (χ0v) is 38.2. The highest BCUT2D eigenvalue weighted by Gasteiger charge is 2.31. The number of aryl methyl sites for hydroxylation is 4. The molecule has 10 heterocycles. The van der Waals surface area contributed by atoms with Crippen LogP contribution in [0, 0.1) is 31.3 Å². The van der Waals surface area contributed by atoms with Gasteiger partial charge >= 0.3 is 0 Å². The fourth-order valence-corrected chi connectivity index (χ4v) is 10.1. The van der Waals surface area contributed by atoms with E-state index in [1.165, 1.54) is 58.4 Å². The zero-order valence-electron chi connectivity index (χ0n) is 36.0. The van der Waals surface area contributed by atoms with Crippen LogP contribution in [0.3, 0.4) is 0 Å². The molecule has 8 aromatic rings. The number of rotatable bonds is 3. The molecule has 2 atom stereocenters. The topological polar surface area (TPSA) is 174 Å². The highest BCUT2D eigenvalue weighted by Crippen LogP contribution is 2.28. The molecule has 0 aliphatic carbocycles. The third-order valence-electron chi connectivity index (χ3n) is 12.8. The Morgan fingerprint density at radius 1 is 0.635 bits per heavy atom. The number of fused-ring (bicyclic) bond motifs is 6. The number of hydrogen-bond acceptors (Lipinski definition) is 12. The zero-order chi connectivity index (χ0) is 43.4. The largest absolute Gasteiger partial charge is 0.369 e. The summed E-state index contributed by atoms with van der Waals surface area (Å²) in [7, 11) is 0. The Balaban J connectivity index is 0.000000128. The Kier molecular flexibility index (Phi) is 11.3. The van der Waals surface area contributed by atoms with Gasteiger partial charge in [0.15, 0.2) is 11.6 Å². The number of piperazine rings is 2. The van der Waals surface area contributed by atoms with E-state index >= 15 is 0 Å². The summed E-state index contributed by atoms with van der Waals surface area (Å²) < 4.78 is 4.56. The number of anilines is 1. The fraction of sp³-hybridized carbons (Fsp3) is 0.391. The highest BCUT2D eigenvalue weighted by atomic mass is 127. The summed E-state index contributed by atoms with van der Waals surface area (Å²) in [5, 5.41) is 13.7. The van der Waals surface area contributed by atoms with E-state index < -0.39 is 0 Å². The molecule has 3 N–H and O–H groups in total. The first kappa shape index (κ1) is 41.4. The predicted molar refractivity (Wildman–Crippen MR) is 255 cm³/mol. The summed E-state index contributed by atoms with van der Waals surface area (Å²) in [4.78, 5) is 56.8. The van der Waals surface area contributed by atoms with Crippen LogP contribution in [0.1, 0.15) is 48.5 Å². The van der Waals surface area contributed by atoms with E-state index in [2.05, 4.69) is 83.8 Å². The second kappa shape index (κ2) is 17.2. The van der Waals surface area contributed by atoms with Crippen LogP contribution in [0.4, 0.5) is 5.69 Å². The number of halogens is 1. The van der Waals surface area contributed by atoms with Gasteiger partial charge in [0.25, 0.3) is 11.1 Å². The molecule has 16 nitrogen and oxygen atoms in total. The molecule has 0 saturated carbocycles.